The summed E-state index contributed by atoms with van der Waals surface area (Å²) in [4.78, 5) is 26.2. The number of nitrogens with zero attached hydrogens (tertiary/aromatic N) is 3. The monoisotopic (exact) mass is 555 g/mol. The number of carboxylic acid groups (broad SMARTS) is 1. The van der Waals surface area contributed by atoms with Crippen LogP contribution in [0.25, 0.3) is 0 Å². The molecule has 0 spiro atoms. The van der Waals surface area contributed by atoms with E-state index in [1.54, 1.807) is 38.1 Å². The van der Waals surface area contributed by atoms with E-state index in [0.29, 0.717) is 11.4 Å². The van der Waals surface area contributed by atoms with Gasteiger partial charge in [-0.15, -0.1) is 0 Å². The predicted octanol–water partition coefficient (Wildman–Crippen LogP) is 3.98. The van der Waals surface area contributed by atoms with Crippen LogP contribution in [0.5, 0.6) is 5.75 Å². The van der Waals surface area contributed by atoms with E-state index in [4.69, 9.17) is 32.1 Å². The number of aliphatic carboxylic acids is 1. The summed E-state index contributed by atoms with van der Waals surface area (Å²) in [5.41, 5.74) is -2.52. The highest BCUT2D eigenvalue weighted by Crippen LogP contribution is 2.39. The number of ether oxygens (including phenoxy) is 2. The van der Waals surface area contributed by atoms with Crippen LogP contribution in [-0.4, -0.2) is 47.5 Å². The van der Waals surface area contributed by atoms with E-state index in [-0.39, 0.29) is 24.0 Å². The van der Waals surface area contributed by atoms with Crippen LogP contribution in [0, 0.1) is 35.0 Å². The van der Waals surface area contributed by atoms with Gasteiger partial charge in [0.05, 0.1) is 22.9 Å². The number of carbonyl (C=O) groups excluding carboxylic acids is 1. The molecular formula is C27H20F3N3O5S. The average Bonchev–Trinajstić information content (AvgIpc) is 3.05. The quantitative estimate of drug-likeness (QED) is 0.311. The molecule has 1 aliphatic heterocycles. The summed E-state index contributed by atoms with van der Waals surface area (Å²) in [6, 6.07) is 11.1. The van der Waals surface area contributed by atoms with Crippen LogP contribution in [0.3, 0.4) is 0 Å². The maximum absolute atomic E-state index is 13.5. The molecule has 2 aromatic carbocycles. The number of nitriles is 1. The van der Waals surface area contributed by atoms with E-state index in [1.165, 1.54) is 17.0 Å². The third-order valence-corrected chi connectivity index (χ3v) is 5.77. The lowest BCUT2D eigenvalue weighted by Gasteiger charge is -2.29. The number of thiocarbonyl (C=S) groups is 1. The van der Waals surface area contributed by atoms with Crippen LogP contribution in [0.15, 0.2) is 42.5 Å². The molecule has 12 heteroatoms. The molecule has 39 heavy (non-hydrogen) atoms. The summed E-state index contributed by atoms with van der Waals surface area (Å²) in [6.07, 6.45) is -4.79. The maximum atomic E-state index is 13.5. The van der Waals surface area contributed by atoms with Crippen LogP contribution >= 0.6 is 12.2 Å². The highest BCUT2D eigenvalue weighted by Gasteiger charge is 2.50. The van der Waals surface area contributed by atoms with E-state index in [1.807, 2.05) is 0 Å². The molecule has 1 fully saturated rings. The third kappa shape index (κ3) is 6.66. The number of carbonyl (C=O) groups is 2. The topological polar surface area (TPSA) is 103 Å². The Hall–Kier alpha value is -4.57. The van der Waals surface area contributed by atoms with Crippen molar-refractivity contribution >= 4 is 40.6 Å². The summed E-state index contributed by atoms with van der Waals surface area (Å²) in [7, 11) is 0. The Labute approximate surface area is 227 Å². The molecule has 1 aliphatic rings. The summed E-state index contributed by atoms with van der Waals surface area (Å²) in [5.74, 6) is 9.09. The van der Waals surface area contributed by atoms with Gasteiger partial charge in [0, 0.05) is 5.69 Å². The lowest BCUT2D eigenvalue weighted by atomic mass is 10.0. The van der Waals surface area contributed by atoms with Gasteiger partial charge >= 0.3 is 12.1 Å². The summed E-state index contributed by atoms with van der Waals surface area (Å²) in [5, 5.41) is 17.5. The molecule has 0 aliphatic carbocycles. The number of benzene rings is 2. The Balaban J connectivity index is 1.73. The minimum absolute atomic E-state index is 0.0180. The number of alkyl halides is 3. The summed E-state index contributed by atoms with van der Waals surface area (Å²) >= 11 is 5.52. The maximum Gasteiger partial charge on any atom is 0.417 e. The fourth-order valence-corrected chi connectivity index (χ4v) is 4.14. The Morgan fingerprint density at radius 1 is 1.08 bits per heavy atom. The second kappa shape index (κ2) is 11.9. The van der Waals surface area contributed by atoms with Crippen LogP contribution in [0.4, 0.5) is 24.5 Å². The average molecular weight is 556 g/mol. The van der Waals surface area contributed by atoms with Gasteiger partial charge in [0.25, 0.3) is 5.91 Å². The number of halogens is 3. The Morgan fingerprint density at radius 2 is 1.69 bits per heavy atom. The Bertz CT molecular complexity index is 1460. The first-order chi connectivity index (χ1) is 18.4. The minimum Gasteiger partial charge on any atom is -0.481 e. The zero-order valence-electron chi connectivity index (χ0n) is 20.6. The van der Waals surface area contributed by atoms with Crippen molar-refractivity contribution in [3.63, 3.8) is 0 Å². The van der Waals surface area contributed by atoms with E-state index in [9.17, 15) is 22.8 Å². The highest BCUT2D eigenvalue weighted by molar-refractivity contribution is 7.81. The summed E-state index contributed by atoms with van der Waals surface area (Å²) in [6.45, 7) is 2.71. The number of rotatable bonds is 7. The van der Waals surface area contributed by atoms with Gasteiger partial charge in [-0.05, 0) is 86.3 Å². The molecule has 1 N–H and O–H groups in total. The zero-order chi connectivity index (χ0) is 28.8. The van der Waals surface area contributed by atoms with Crippen LogP contribution < -0.4 is 14.5 Å². The lowest BCUT2D eigenvalue weighted by molar-refractivity contribution is -0.141. The molecule has 8 nitrogen and oxygen atoms in total. The molecule has 1 heterocycles. The molecule has 0 unspecified atom stereocenters. The van der Waals surface area contributed by atoms with E-state index >= 15 is 0 Å². The minimum atomic E-state index is -4.79. The molecular weight excluding hydrogens is 535 g/mol. The van der Waals surface area contributed by atoms with Crippen molar-refractivity contribution in [3.05, 3.63) is 53.6 Å². The molecule has 0 aromatic heterocycles. The van der Waals surface area contributed by atoms with Crippen molar-refractivity contribution in [3.8, 4) is 35.5 Å². The van der Waals surface area contributed by atoms with Crippen LogP contribution in [0.2, 0.25) is 0 Å². The molecule has 1 amide bonds. The molecule has 0 bridgehead atoms. The van der Waals surface area contributed by atoms with Gasteiger partial charge in [0.15, 0.2) is 5.11 Å². The first-order valence-electron chi connectivity index (χ1n) is 11.2. The molecule has 200 valence electrons. The zero-order valence-corrected chi connectivity index (χ0v) is 21.4. The van der Waals surface area contributed by atoms with Gasteiger partial charge in [-0.25, -0.2) is 4.79 Å². The second-order valence-electron chi connectivity index (χ2n) is 8.43. The number of anilines is 2. The Kier molecular flexibility index (Phi) is 8.82. The van der Waals surface area contributed by atoms with Crippen LogP contribution in [-0.2, 0) is 20.5 Å². The van der Waals surface area contributed by atoms with Gasteiger partial charge < -0.3 is 19.5 Å². The SMILES string of the molecule is CC1(C)C(=O)N(c2ccc(C#N)c(C(F)(F)F)c2)C(=S)N1c1ccc(OCC#CC#CCOCC(=O)O)cc1. The number of carboxylic acids is 1. The van der Waals surface area contributed by atoms with Gasteiger partial charge in [-0.1, -0.05) is 5.92 Å². The van der Waals surface area contributed by atoms with Crippen LogP contribution in [0.1, 0.15) is 25.0 Å². The largest absolute Gasteiger partial charge is 0.481 e. The van der Waals surface area contributed by atoms with E-state index < -0.39 is 41.3 Å². The molecule has 0 saturated carbocycles. The highest BCUT2D eigenvalue weighted by atomic mass is 32.1. The second-order valence-corrected chi connectivity index (χ2v) is 8.79. The van der Waals surface area contributed by atoms with Crippen molar-refractivity contribution in [2.45, 2.75) is 25.6 Å². The normalized spacial score (nSPS) is 14.2. The predicted molar refractivity (Wildman–Crippen MR) is 139 cm³/mol. The standard InChI is InChI=1S/C27H20F3N3O5S/c1-26(2)24(36)32(20-8-7-18(16-31)22(15-20)27(28,29)30)25(39)33(26)19-9-11-21(12-10-19)38-14-6-4-3-5-13-37-17-23(34)35/h7-12,15H,13-14,17H2,1-2H3,(H,34,35). The number of amides is 1. The van der Waals surface area contributed by atoms with E-state index in [0.717, 1.165) is 17.0 Å². The van der Waals surface area contributed by atoms with Gasteiger partial charge in [-0.2, -0.15) is 18.4 Å². The van der Waals surface area contributed by atoms with Gasteiger partial charge in [-0.3, -0.25) is 9.69 Å². The summed E-state index contributed by atoms with van der Waals surface area (Å²) < 4.78 is 50.8. The first kappa shape index (κ1) is 29.0. The molecule has 2 aromatic rings. The number of hydrogen-bond donors (Lipinski definition) is 1. The fourth-order valence-electron chi connectivity index (χ4n) is 3.62. The molecule has 3 rings (SSSR count). The van der Waals surface area contributed by atoms with Crippen molar-refractivity contribution in [1.29, 1.82) is 5.26 Å². The number of hydrogen-bond acceptors (Lipinski definition) is 6. The lowest BCUT2D eigenvalue weighted by Crippen LogP contribution is -2.44. The van der Waals surface area contributed by atoms with E-state index in [2.05, 4.69) is 23.7 Å². The smallest absolute Gasteiger partial charge is 0.417 e. The third-order valence-electron chi connectivity index (χ3n) is 5.40. The van der Waals surface area contributed by atoms with Crippen molar-refractivity contribution < 1.29 is 37.3 Å². The van der Waals surface area contributed by atoms with Gasteiger partial charge in [0.2, 0.25) is 0 Å². The van der Waals surface area contributed by atoms with Crippen molar-refractivity contribution in [2.24, 2.45) is 0 Å². The van der Waals surface area contributed by atoms with Crippen molar-refractivity contribution in [2.75, 3.05) is 29.6 Å². The Morgan fingerprint density at radius 3 is 2.28 bits per heavy atom. The molecule has 0 atom stereocenters. The molecule has 0 radical (unpaired) electrons. The molecule has 1 saturated heterocycles. The van der Waals surface area contributed by atoms with Gasteiger partial charge in [0.1, 0.15) is 31.1 Å². The van der Waals surface area contributed by atoms with Crippen molar-refractivity contribution in [1.82, 2.24) is 0 Å². The first-order valence-corrected chi connectivity index (χ1v) is 11.6. The fraction of sp³-hybridized carbons (Fsp3) is 0.259.